The molecule has 0 bridgehead atoms. The largest absolute Gasteiger partial charge is 0.396 e. The van der Waals surface area contributed by atoms with Gasteiger partial charge < -0.3 is 5.73 Å². The number of nitrogens with two attached hydrogens (primary N) is 1. The molecule has 0 fully saturated rings. The summed E-state index contributed by atoms with van der Waals surface area (Å²) in [6, 6.07) is 2.03. The van der Waals surface area contributed by atoms with Gasteiger partial charge in [-0.15, -0.1) is 0 Å². The van der Waals surface area contributed by atoms with Crippen molar-refractivity contribution in [3.8, 4) is 0 Å². The molecule has 2 N–H and O–H groups in total. The highest BCUT2D eigenvalue weighted by molar-refractivity contribution is 7.89. The predicted octanol–water partition coefficient (Wildman–Crippen LogP) is 3.51. The number of anilines is 1. The van der Waals surface area contributed by atoms with Gasteiger partial charge in [-0.2, -0.15) is 4.31 Å². The molecular formula is C14H22ClFN2O2S. The van der Waals surface area contributed by atoms with Gasteiger partial charge in [0.1, 0.15) is 10.7 Å². The van der Waals surface area contributed by atoms with Crippen molar-refractivity contribution in [2.45, 2.75) is 38.5 Å². The van der Waals surface area contributed by atoms with E-state index in [4.69, 9.17) is 17.3 Å². The SMILES string of the molecule is CCC(CC)CN(CC)S(=O)(=O)c1cc(N)c(F)cc1Cl. The van der Waals surface area contributed by atoms with Crippen molar-refractivity contribution in [2.24, 2.45) is 5.92 Å². The third kappa shape index (κ3) is 4.08. The molecule has 0 unspecified atom stereocenters. The second kappa shape index (κ2) is 7.42. The minimum Gasteiger partial charge on any atom is -0.396 e. The summed E-state index contributed by atoms with van der Waals surface area (Å²) in [5.41, 5.74) is 5.24. The normalized spacial score (nSPS) is 12.3. The molecule has 0 aliphatic carbocycles. The molecule has 1 rings (SSSR count). The number of sulfonamides is 1. The topological polar surface area (TPSA) is 63.4 Å². The molecule has 0 aliphatic rings. The van der Waals surface area contributed by atoms with Gasteiger partial charge in [0.2, 0.25) is 10.0 Å². The van der Waals surface area contributed by atoms with Crippen LogP contribution in [0.15, 0.2) is 17.0 Å². The maximum Gasteiger partial charge on any atom is 0.244 e. The lowest BCUT2D eigenvalue weighted by Crippen LogP contribution is -2.35. The van der Waals surface area contributed by atoms with Crippen LogP contribution < -0.4 is 5.73 Å². The fourth-order valence-electron chi connectivity index (χ4n) is 2.11. The lowest BCUT2D eigenvalue weighted by Gasteiger charge is -2.25. The van der Waals surface area contributed by atoms with E-state index in [0.717, 1.165) is 25.0 Å². The number of rotatable bonds is 7. The molecule has 0 heterocycles. The van der Waals surface area contributed by atoms with E-state index in [1.165, 1.54) is 4.31 Å². The van der Waals surface area contributed by atoms with Crippen molar-refractivity contribution in [3.05, 3.63) is 23.0 Å². The molecule has 120 valence electrons. The Hall–Kier alpha value is -0.850. The summed E-state index contributed by atoms with van der Waals surface area (Å²) in [7, 11) is -3.78. The summed E-state index contributed by atoms with van der Waals surface area (Å²) in [5.74, 6) is -0.446. The van der Waals surface area contributed by atoms with Crippen LogP contribution in [-0.2, 0) is 10.0 Å². The molecule has 0 saturated heterocycles. The van der Waals surface area contributed by atoms with Gasteiger partial charge >= 0.3 is 0 Å². The van der Waals surface area contributed by atoms with E-state index in [0.29, 0.717) is 13.1 Å². The van der Waals surface area contributed by atoms with Crippen LogP contribution in [0.5, 0.6) is 0 Å². The van der Waals surface area contributed by atoms with Gasteiger partial charge in [0.05, 0.1) is 10.7 Å². The van der Waals surface area contributed by atoms with Crippen LogP contribution in [-0.4, -0.2) is 25.8 Å². The van der Waals surface area contributed by atoms with Gasteiger partial charge in [0.25, 0.3) is 0 Å². The van der Waals surface area contributed by atoms with Gasteiger partial charge in [-0.05, 0) is 18.1 Å². The van der Waals surface area contributed by atoms with Crippen molar-refractivity contribution >= 4 is 27.3 Å². The van der Waals surface area contributed by atoms with Crippen molar-refractivity contribution in [1.29, 1.82) is 0 Å². The lowest BCUT2D eigenvalue weighted by atomic mass is 10.0. The van der Waals surface area contributed by atoms with E-state index in [1.807, 2.05) is 13.8 Å². The van der Waals surface area contributed by atoms with Crippen molar-refractivity contribution in [2.75, 3.05) is 18.8 Å². The smallest absolute Gasteiger partial charge is 0.244 e. The lowest BCUT2D eigenvalue weighted by molar-refractivity contribution is 0.339. The first-order valence-corrected chi connectivity index (χ1v) is 8.84. The van der Waals surface area contributed by atoms with Crippen LogP contribution in [0, 0.1) is 11.7 Å². The summed E-state index contributed by atoms with van der Waals surface area (Å²) < 4.78 is 40.1. The second-order valence-corrected chi connectivity index (χ2v) is 7.26. The van der Waals surface area contributed by atoms with Crippen LogP contribution in [0.1, 0.15) is 33.6 Å². The molecule has 4 nitrogen and oxygen atoms in total. The van der Waals surface area contributed by atoms with Crippen molar-refractivity contribution < 1.29 is 12.8 Å². The number of nitrogen functional groups attached to an aromatic ring is 1. The molecule has 0 atom stereocenters. The Morgan fingerprint density at radius 2 is 1.86 bits per heavy atom. The highest BCUT2D eigenvalue weighted by atomic mass is 35.5. The summed E-state index contributed by atoms with van der Waals surface area (Å²) >= 11 is 5.89. The van der Waals surface area contributed by atoms with Gasteiger partial charge in [-0.25, -0.2) is 12.8 Å². The molecule has 1 aromatic carbocycles. The summed E-state index contributed by atoms with van der Waals surface area (Å²) in [4.78, 5) is -0.143. The molecule has 0 aromatic heterocycles. The average Bonchev–Trinajstić information content (AvgIpc) is 2.43. The molecular weight excluding hydrogens is 315 g/mol. The van der Waals surface area contributed by atoms with Crippen LogP contribution in [0.25, 0.3) is 0 Å². The van der Waals surface area contributed by atoms with Crippen molar-refractivity contribution in [1.82, 2.24) is 4.31 Å². The maximum absolute atomic E-state index is 13.3. The third-order valence-corrected chi connectivity index (χ3v) is 6.04. The highest BCUT2D eigenvalue weighted by Crippen LogP contribution is 2.29. The highest BCUT2D eigenvalue weighted by Gasteiger charge is 2.28. The Labute approximate surface area is 131 Å². The zero-order chi connectivity index (χ0) is 16.2. The van der Waals surface area contributed by atoms with Crippen LogP contribution >= 0.6 is 11.6 Å². The Morgan fingerprint density at radius 3 is 2.33 bits per heavy atom. The van der Waals surface area contributed by atoms with E-state index in [-0.39, 0.29) is 21.5 Å². The van der Waals surface area contributed by atoms with E-state index >= 15 is 0 Å². The molecule has 0 aliphatic heterocycles. The van der Waals surface area contributed by atoms with E-state index in [9.17, 15) is 12.8 Å². The number of hydrogen-bond acceptors (Lipinski definition) is 3. The Kier molecular flexibility index (Phi) is 6.43. The first kappa shape index (κ1) is 18.2. The molecule has 0 amide bonds. The van der Waals surface area contributed by atoms with E-state index in [2.05, 4.69) is 0 Å². The number of halogens is 2. The van der Waals surface area contributed by atoms with Crippen molar-refractivity contribution in [3.63, 3.8) is 0 Å². The molecule has 1 aromatic rings. The van der Waals surface area contributed by atoms with Crippen LogP contribution in [0.3, 0.4) is 0 Å². The predicted molar refractivity (Wildman–Crippen MR) is 84.3 cm³/mol. The minimum absolute atomic E-state index is 0.143. The number of nitrogens with zero attached hydrogens (tertiary/aromatic N) is 1. The molecule has 21 heavy (non-hydrogen) atoms. The molecule has 7 heteroatoms. The molecule has 0 saturated carbocycles. The monoisotopic (exact) mass is 336 g/mol. The Bertz CT molecular complexity index is 589. The Morgan fingerprint density at radius 1 is 1.29 bits per heavy atom. The van der Waals surface area contributed by atoms with E-state index < -0.39 is 15.8 Å². The first-order valence-electron chi connectivity index (χ1n) is 7.02. The summed E-state index contributed by atoms with van der Waals surface area (Å²) in [6.45, 7) is 6.56. The quantitative estimate of drug-likeness (QED) is 0.775. The maximum atomic E-state index is 13.3. The zero-order valence-electron chi connectivity index (χ0n) is 12.6. The van der Waals surface area contributed by atoms with Gasteiger partial charge in [-0.1, -0.05) is 45.2 Å². The fourth-order valence-corrected chi connectivity index (χ4v) is 4.16. The van der Waals surface area contributed by atoms with Crippen LogP contribution in [0.4, 0.5) is 10.1 Å². The zero-order valence-corrected chi connectivity index (χ0v) is 14.1. The summed E-state index contributed by atoms with van der Waals surface area (Å²) in [6.07, 6.45) is 1.78. The fraction of sp³-hybridized carbons (Fsp3) is 0.571. The average molecular weight is 337 g/mol. The van der Waals surface area contributed by atoms with E-state index in [1.54, 1.807) is 6.92 Å². The third-order valence-electron chi connectivity index (χ3n) is 3.64. The summed E-state index contributed by atoms with van der Waals surface area (Å²) in [5, 5.41) is -0.148. The Balaban J connectivity index is 3.22. The number of benzene rings is 1. The minimum atomic E-state index is -3.78. The van der Waals surface area contributed by atoms with Gasteiger partial charge in [0, 0.05) is 13.1 Å². The van der Waals surface area contributed by atoms with Gasteiger partial charge in [0.15, 0.2) is 0 Å². The first-order chi connectivity index (χ1) is 9.77. The van der Waals surface area contributed by atoms with Gasteiger partial charge in [-0.3, -0.25) is 0 Å². The molecule has 0 spiro atoms. The van der Waals surface area contributed by atoms with Crippen LogP contribution in [0.2, 0.25) is 5.02 Å². The number of hydrogen-bond donors (Lipinski definition) is 1. The molecule has 0 radical (unpaired) electrons. The standard InChI is InChI=1S/C14H22ClFN2O2S/c1-4-10(5-2)9-18(6-3)21(19,20)14-8-13(17)12(16)7-11(14)15/h7-8,10H,4-6,9,17H2,1-3H3. The second-order valence-electron chi connectivity index (χ2n) is 4.94.